The quantitative estimate of drug-likeness (QED) is 0.765. The smallest absolute Gasteiger partial charge is 0.326 e. The van der Waals surface area contributed by atoms with Gasteiger partial charge in [-0.1, -0.05) is 49.4 Å². The SMILES string of the molecule is CC[C@@]1(c2ccccc2)NC(=O)N(CN(C)Cc2ccc(OC)cc2)C1=O. The maximum absolute atomic E-state index is 13.1. The van der Waals surface area contributed by atoms with Crippen LogP contribution in [0.3, 0.4) is 0 Å². The molecule has 1 fully saturated rings. The molecule has 0 radical (unpaired) electrons. The summed E-state index contributed by atoms with van der Waals surface area (Å²) in [6.07, 6.45) is 0.500. The highest BCUT2D eigenvalue weighted by Gasteiger charge is 2.51. The zero-order valence-electron chi connectivity index (χ0n) is 15.9. The number of carbonyl (C=O) groups is 2. The summed E-state index contributed by atoms with van der Waals surface area (Å²) in [5.41, 5.74) is 0.903. The number of ether oxygens (including phenoxy) is 1. The summed E-state index contributed by atoms with van der Waals surface area (Å²) in [4.78, 5) is 28.9. The number of benzene rings is 2. The first-order valence-electron chi connectivity index (χ1n) is 9.01. The van der Waals surface area contributed by atoms with Gasteiger partial charge in [-0.15, -0.1) is 0 Å². The van der Waals surface area contributed by atoms with Crippen LogP contribution in [0.1, 0.15) is 24.5 Å². The normalized spacial score (nSPS) is 19.5. The Labute approximate surface area is 159 Å². The Morgan fingerprint density at radius 2 is 1.74 bits per heavy atom. The summed E-state index contributed by atoms with van der Waals surface area (Å²) < 4.78 is 5.17. The van der Waals surface area contributed by atoms with Gasteiger partial charge >= 0.3 is 6.03 Å². The van der Waals surface area contributed by atoms with E-state index in [1.165, 1.54) is 4.90 Å². The van der Waals surface area contributed by atoms with E-state index in [0.717, 1.165) is 16.9 Å². The second-order valence-corrected chi connectivity index (χ2v) is 6.79. The third-order valence-electron chi connectivity index (χ3n) is 4.97. The highest BCUT2D eigenvalue weighted by atomic mass is 16.5. The monoisotopic (exact) mass is 367 g/mol. The van der Waals surface area contributed by atoms with Gasteiger partial charge in [-0.3, -0.25) is 9.69 Å². The molecule has 1 atom stereocenters. The van der Waals surface area contributed by atoms with E-state index in [0.29, 0.717) is 13.0 Å². The Morgan fingerprint density at radius 1 is 1.07 bits per heavy atom. The molecule has 1 aliphatic rings. The molecule has 0 bridgehead atoms. The zero-order chi connectivity index (χ0) is 19.4. The molecule has 0 saturated carbocycles. The van der Waals surface area contributed by atoms with Crippen molar-refractivity contribution in [1.29, 1.82) is 0 Å². The molecule has 3 amide bonds. The van der Waals surface area contributed by atoms with Crippen molar-refractivity contribution in [3.8, 4) is 5.75 Å². The number of amides is 3. The number of hydrogen-bond donors (Lipinski definition) is 1. The Hall–Kier alpha value is -2.86. The van der Waals surface area contributed by atoms with Gasteiger partial charge in [-0.25, -0.2) is 9.69 Å². The van der Waals surface area contributed by atoms with Crippen molar-refractivity contribution in [2.75, 3.05) is 20.8 Å². The summed E-state index contributed by atoms with van der Waals surface area (Å²) in [6.45, 7) is 2.76. The summed E-state index contributed by atoms with van der Waals surface area (Å²) >= 11 is 0. The predicted molar refractivity (Wildman–Crippen MR) is 103 cm³/mol. The van der Waals surface area contributed by atoms with Crippen molar-refractivity contribution in [3.05, 3.63) is 65.7 Å². The molecule has 2 aromatic rings. The molecule has 1 saturated heterocycles. The predicted octanol–water partition coefficient (Wildman–Crippen LogP) is 2.94. The Kier molecular flexibility index (Phi) is 5.46. The summed E-state index contributed by atoms with van der Waals surface area (Å²) in [7, 11) is 3.52. The molecular weight excluding hydrogens is 342 g/mol. The molecule has 6 heteroatoms. The lowest BCUT2D eigenvalue weighted by atomic mass is 9.87. The minimum absolute atomic E-state index is 0.206. The third kappa shape index (κ3) is 3.66. The van der Waals surface area contributed by atoms with Crippen LogP contribution in [0.25, 0.3) is 0 Å². The molecule has 3 rings (SSSR count). The van der Waals surface area contributed by atoms with E-state index in [-0.39, 0.29) is 18.6 Å². The van der Waals surface area contributed by atoms with E-state index in [2.05, 4.69) is 5.32 Å². The topological polar surface area (TPSA) is 61.9 Å². The fourth-order valence-electron chi connectivity index (χ4n) is 3.45. The molecule has 0 spiro atoms. The number of rotatable bonds is 7. The maximum Gasteiger partial charge on any atom is 0.326 e. The minimum Gasteiger partial charge on any atom is -0.497 e. The average Bonchev–Trinajstić information content (AvgIpc) is 2.94. The molecule has 2 aromatic carbocycles. The molecular formula is C21H25N3O3. The van der Waals surface area contributed by atoms with Crippen molar-refractivity contribution < 1.29 is 14.3 Å². The van der Waals surface area contributed by atoms with Gasteiger partial charge in [0.2, 0.25) is 0 Å². The van der Waals surface area contributed by atoms with E-state index in [1.54, 1.807) is 7.11 Å². The summed E-state index contributed by atoms with van der Waals surface area (Å²) in [5.74, 6) is 0.592. The van der Waals surface area contributed by atoms with Crippen LogP contribution < -0.4 is 10.1 Å². The van der Waals surface area contributed by atoms with Gasteiger partial charge in [-0.05, 0) is 36.7 Å². The van der Waals surface area contributed by atoms with Crippen LogP contribution in [0.5, 0.6) is 5.75 Å². The Balaban J connectivity index is 1.73. The molecule has 1 heterocycles. The number of carbonyl (C=O) groups excluding carboxylic acids is 2. The number of nitrogens with zero attached hydrogens (tertiary/aromatic N) is 2. The number of nitrogens with one attached hydrogen (secondary N) is 1. The highest BCUT2D eigenvalue weighted by molar-refractivity contribution is 6.07. The van der Waals surface area contributed by atoms with Crippen LogP contribution in [0.4, 0.5) is 4.79 Å². The summed E-state index contributed by atoms with van der Waals surface area (Å²) in [6, 6.07) is 16.8. The minimum atomic E-state index is -0.987. The van der Waals surface area contributed by atoms with Crippen LogP contribution in [-0.2, 0) is 16.9 Å². The second-order valence-electron chi connectivity index (χ2n) is 6.79. The van der Waals surface area contributed by atoms with Crippen molar-refractivity contribution in [2.24, 2.45) is 0 Å². The van der Waals surface area contributed by atoms with Crippen LogP contribution in [0.2, 0.25) is 0 Å². The summed E-state index contributed by atoms with van der Waals surface area (Å²) in [5, 5.41) is 2.91. The van der Waals surface area contributed by atoms with Crippen LogP contribution >= 0.6 is 0 Å². The van der Waals surface area contributed by atoms with Crippen molar-refractivity contribution in [3.63, 3.8) is 0 Å². The van der Waals surface area contributed by atoms with Crippen molar-refractivity contribution >= 4 is 11.9 Å². The van der Waals surface area contributed by atoms with E-state index in [4.69, 9.17) is 4.74 Å². The van der Waals surface area contributed by atoms with Gasteiger partial charge in [-0.2, -0.15) is 0 Å². The Bertz CT molecular complexity index is 807. The van der Waals surface area contributed by atoms with Gasteiger partial charge in [0.05, 0.1) is 13.8 Å². The second kappa shape index (κ2) is 7.80. The van der Waals surface area contributed by atoms with Crippen molar-refractivity contribution in [1.82, 2.24) is 15.1 Å². The van der Waals surface area contributed by atoms with Gasteiger partial charge in [0.25, 0.3) is 5.91 Å². The molecule has 27 heavy (non-hydrogen) atoms. The van der Waals surface area contributed by atoms with Gasteiger partial charge in [0, 0.05) is 6.54 Å². The van der Waals surface area contributed by atoms with Gasteiger partial charge < -0.3 is 10.1 Å². The first-order valence-corrected chi connectivity index (χ1v) is 9.01. The number of methoxy groups -OCH3 is 1. The van der Waals surface area contributed by atoms with Gasteiger partial charge in [0.1, 0.15) is 11.3 Å². The molecule has 0 aliphatic carbocycles. The van der Waals surface area contributed by atoms with Crippen LogP contribution in [0, 0.1) is 0 Å². The van der Waals surface area contributed by atoms with Crippen LogP contribution in [-0.4, -0.2) is 42.6 Å². The lowest BCUT2D eigenvalue weighted by Gasteiger charge is -2.27. The molecule has 1 N–H and O–H groups in total. The first kappa shape index (κ1) is 18.9. The standard InChI is InChI=1S/C21H25N3O3/c1-4-21(17-8-6-5-7-9-17)19(25)24(20(26)22-21)15-23(2)14-16-10-12-18(27-3)13-11-16/h5-13H,4,14-15H2,1-3H3,(H,22,26)/t21-/m0/s1. The molecule has 6 nitrogen and oxygen atoms in total. The fourth-order valence-corrected chi connectivity index (χ4v) is 3.45. The molecule has 0 unspecified atom stereocenters. The van der Waals surface area contributed by atoms with E-state index in [9.17, 15) is 9.59 Å². The largest absolute Gasteiger partial charge is 0.497 e. The van der Waals surface area contributed by atoms with E-state index < -0.39 is 5.54 Å². The number of hydrogen-bond acceptors (Lipinski definition) is 4. The Morgan fingerprint density at radius 3 is 2.33 bits per heavy atom. The fraction of sp³-hybridized carbons (Fsp3) is 0.333. The first-order chi connectivity index (χ1) is 13.0. The average molecular weight is 367 g/mol. The van der Waals surface area contributed by atoms with E-state index in [1.807, 2.05) is 73.5 Å². The number of urea groups is 1. The third-order valence-corrected chi connectivity index (χ3v) is 4.97. The van der Waals surface area contributed by atoms with Gasteiger partial charge in [0.15, 0.2) is 0 Å². The number of imide groups is 1. The lowest BCUT2D eigenvalue weighted by molar-refractivity contribution is -0.133. The maximum atomic E-state index is 13.1. The molecule has 142 valence electrons. The zero-order valence-corrected chi connectivity index (χ0v) is 15.9. The van der Waals surface area contributed by atoms with Crippen molar-refractivity contribution in [2.45, 2.75) is 25.4 Å². The van der Waals surface area contributed by atoms with Crippen LogP contribution in [0.15, 0.2) is 54.6 Å². The lowest BCUT2D eigenvalue weighted by Crippen LogP contribution is -2.44. The molecule has 1 aliphatic heterocycles. The van der Waals surface area contributed by atoms with E-state index >= 15 is 0 Å². The highest BCUT2D eigenvalue weighted by Crippen LogP contribution is 2.32. The molecule has 0 aromatic heterocycles.